The Balaban J connectivity index is 2.06. The highest BCUT2D eigenvalue weighted by molar-refractivity contribution is 5.60. The molecule has 100 valence electrons. The first kappa shape index (κ1) is 13.4. The van der Waals surface area contributed by atoms with Crippen LogP contribution in [0.4, 0.5) is 5.69 Å². The molecule has 0 radical (unpaired) electrons. The van der Waals surface area contributed by atoms with Crippen molar-refractivity contribution in [1.29, 1.82) is 0 Å². The highest BCUT2D eigenvalue weighted by Gasteiger charge is 2.27. The lowest BCUT2D eigenvalue weighted by Crippen LogP contribution is -2.26. The minimum absolute atomic E-state index is 0.730. The Bertz CT molecular complexity index is 373. The number of anilines is 1. The number of hydrogen-bond acceptors (Lipinski definition) is 2. The van der Waals surface area contributed by atoms with Gasteiger partial charge in [0.05, 0.1) is 0 Å². The summed E-state index contributed by atoms with van der Waals surface area (Å²) in [5.41, 5.74) is 3.04. The predicted molar refractivity (Wildman–Crippen MR) is 79.4 cm³/mol. The molecule has 0 aromatic heterocycles. The van der Waals surface area contributed by atoms with Crippen LogP contribution in [0.1, 0.15) is 38.2 Å². The Kier molecular flexibility index (Phi) is 4.65. The van der Waals surface area contributed by atoms with Crippen LogP contribution in [0.5, 0.6) is 0 Å². The molecule has 0 fully saturated rings. The molecule has 1 aromatic rings. The second-order valence-electron chi connectivity index (χ2n) is 5.80. The van der Waals surface area contributed by atoms with Gasteiger partial charge in [0, 0.05) is 24.7 Å². The van der Waals surface area contributed by atoms with Crippen LogP contribution in [0.25, 0.3) is 0 Å². The molecule has 2 rings (SSSR count). The van der Waals surface area contributed by atoms with Gasteiger partial charge in [-0.3, -0.25) is 0 Å². The van der Waals surface area contributed by atoms with Crippen LogP contribution >= 0.6 is 0 Å². The molecule has 2 heteroatoms. The lowest BCUT2D eigenvalue weighted by Gasteiger charge is -2.22. The minimum atomic E-state index is 0.730. The van der Waals surface area contributed by atoms with Gasteiger partial charge < -0.3 is 10.2 Å². The zero-order valence-electron chi connectivity index (χ0n) is 11.9. The average Bonchev–Trinajstić information content (AvgIpc) is 2.68. The molecule has 0 amide bonds. The van der Waals surface area contributed by atoms with Crippen molar-refractivity contribution < 1.29 is 0 Å². The number of fused-ring (bicyclic) bond motifs is 1. The van der Waals surface area contributed by atoms with E-state index < -0.39 is 0 Å². The van der Waals surface area contributed by atoms with Gasteiger partial charge in [0.15, 0.2) is 0 Å². The number of benzene rings is 1. The third-order valence-electron chi connectivity index (χ3n) is 3.72. The molecule has 18 heavy (non-hydrogen) atoms. The van der Waals surface area contributed by atoms with Gasteiger partial charge in [0.2, 0.25) is 0 Å². The highest BCUT2D eigenvalue weighted by atomic mass is 15.2. The first-order chi connectivity index (χ1) is 8.72. The first-order valence-corrected chi connectivity index (χ1v) is 7.21. The monoisotopic (exact) mass is 246 g/mol. The fourth-order valence-electron chi connectivity index (χ4n) is 2.97. The fraction of sp³-hybridized carbons (Fsp3) is 0.625. The van der Waals surface area contributed by atoms with Crippen LogP contribution in [-0.2, 0) is 0 Å². The van der Waals surface area contributed by atoms with Crippen molar-refractivity contribution in [1.82, 2.24) is 5.32 Å². The number of rotatable bonds is 6. The van der Waals surface area contributed by atoms with Crippen LogP contribution in [0, 0.1) is 5.92 Å². The number of nitrogens with zero attached hydrogens (tertiary/aromatic N) is 1. The van der Waals surface area contributed by atoms with E-state index in [1.54, 1.807) is 5.56 Å². The Morgan fingerprint density at radius 3 is 2.83 bits per heavy atom. The second kappa shape index (κ2) is 6.24. The van der Waals surface area contributed by atoms with Gasteiger partial charge in [-0.05, 0) is 44.0 Å². The fourth-order valence-corrected chi connectivity index (χ4v) is 2.97. The second-order valence-corrected chi connectivity index (χ2v) is 5.80. The van der Waals surface area contributed by atoms with Gasteiger partial charge in [-0.25, -0.2) is 0 Å². The van der Waals surface area contributed by atoms with Gasteiger partial charge >= 0.3 is 0 Å². The normalized spacial score (nSPS) is 18.4. The molecule has 0 spiro atoms. The van der Waals surface area contributed by atoms with Crippen molar-refractivity contribution in [2.24, 2.45) is 5.92 Å². The summed E-state index contributed by atoms with van der Waals surface area (Å²) in [4.78, 5) is 2.57. The summed E-state index contributed by atoms with van der Waals surface area (Å²) in [6.07, 6.45) is 2.57. The average molecular weight is 246 g/mol. The molecule has 1 heterocycles. The molecule has 1 atom stereocenters. The molecule has 0 aliphatic carbocycles. The topological polar surface area (TPSA) is 15.3 Å². The van der Waals surface area contributed by atoms with Gasteiger partial charge in [-0.1, -0.05) is 32.0 Å². The number of para-hydroxylation sites is 1. The molecule has 0 bridgehead atoms. The van der Waals surface area contributed by atoms with Crippen LogP contribution in [0.15, 0.2) is 24.3 Å². The van der Waals surface area contributed by atoms with E-state index in [9.17, 15) is 0 Å². The van der Waals surface area contributed by atoms with E-state index in [0.717, 1.165) is 18.4 Å². The Morgan fingerprint density at radius 2 is 2.11 bits per heavy atom. The van der Waals surface area contributed by atoms with E-state index >= 15 is 0 Å². The standard InChI is InChI=1S/C16H26N2/c1-13(2)11-18-12-14(7-6-10-17-3)15-8-4-5-9-16(15)18/h4-5,8-9,13-14,17H,6-7,10-12H2,1-3H3. The number of nitrogens with one attached hydrogen (secondary N) is 1. The van der Waals surface area contributed by atoms with Gasteiger partial charge in [-0.2, -0.15) is 0 Å². The van der Waals surface area contributed by atoms with Gasteiger partial charge in [0.25, 0.3) is 0 Å². The lowest BCUT2D eigenvalue weighted by molar-refractivity contribution is 0.560. The zero-order chi connectivity index (χ0) is 13.0. The van der Waals surface area contributed by atoms with Crippen LogP contribution in [-0.4, -0.2) is 26.7 Å². The predicted octanol–water partition coefficient (Wildman–Crippen LogP) is 3.25. The van der Waals surface area contributed by atoms with E-state index in [4.69, 9.17) is 0 Å². The molecule has 1 unspecified atom stereocenters. The quantitative estimate of drug-likeness (QED) is 0.775. The maximum Gasteiger partial charge on any atom is 0.0402 e. The molecular weight excluding hydrogens is 220 g/mol. The van der Waals surface area contributed by atoms with E-state index in [0.29, 0.717) is 0 Å². The molecule has 1 N–H and O–H groups in total. The summed E-state index contributed by atoms with van der Waals surface area (Å²) < 4.78 is 0. The smallest absolute Gasteiger partial charge is 0.0402 e. The summed E-state index contributed by atoms with van der Waals surface area (Å²) in [6.45, 7) is 8.12. The van der Waals surface area contributed by atoms with E-state index in [2.05, 4.69) is 48.3 Å². The van der Waals surface area contributed by atoms with E-state index in [1.165, 1.54) is 31.6 Å². The van der Waals surface area contributed by atoms with Gasteiger partial charge in [0.1, 0.15) is 0 Å². The Labute approximate surface area is 111 Å². The summed E-state index contributed by atoms with van der Waals surface area (Å²) in [7, 11) is 2.04. The first-order valence-electron chi connectivity index (χ1n) is 7.21. The molecular formula is C16H26N2. The molecule has 1 aliphatic rings. The largest absolute Gasteiger partial charge is 0.370 e. The van der Waals surface area contributed by atoms with Crippen molar-refractivity contribution in [2.75, 3.05) is 31.6 Å². The Morgan fingerprint density at radius 1 is 1.33 bits per heavy atom. The Hall–Kier alpha value is -1.02. The summed E-state index contributed by atoms with van der Waals surface area (Å²) in [6, 6.07) is 8.96. The van der Waals surface area contributed by atoms with Crippen molar-refractivity contribution in [3.63, 3.8) is 0 Å². The van der Waals surface area contributed by atoms with Crippen molar-refractivity contribution in [2.45, 2.75) is 32.6 Å². The zero-order valence-corrected chi connectivity index (χ0v) is 11.9. The van der Waals surface area contributed by atoms with E-state index in [-0.39, 0.29) is 0 Å². The van der Waals surface area contributed by atoms with Crippen LogP contribution in [0.3, 0.4) is 0 Å². The molecule has 2 nitrogen and oxygen atoms in total. The van der Waals surface area contributed by atoms with Crippen LogP contribution in [0.2, 0.25) is 0 Å². The minimum Gasteiger partial charge on any atom is -0.370 e. The maximum atomic E-state index is 3.25. The summed E-state index contributed by atoms with van der Waals surface area (Å²) in [5.74, 6) is 1.46. The third-order valence-corrected chi connectivity index (χ3v) is 3.72. The molecule has 1 aliphatic heterocycles. The lowest BCUT2D eigenvalue weighted by atomic mass is 9.96. The van der Waals surface area contributed by atoms with Gasteiger partial charge in [-0.15, -0.1) is 0 Å². The summed E-state index contributed by atoms with van der Waals surface area (Å²) in [5, 5.41) is 3.25. The molecule has 0 saturated carbocycles. The number of hydrogen-bond donors (Lipinski definition) is 1. The SMILES string of the molecule is CNCCCC1CN(CC(C)C)c2ccccc21. The van der Waals surface area contributed by atoms with Crippen molar-refractivity contribution >= 4 is 5.69 Å². The van der Waals surface area contributed by atoms with Crippen molar-refractivity contribution in [3.8, 4) is 0 Å². The van der Waals surface area contributed by atoms with Crippen molar-refractivity contribution in [3.05, 3.63) is 29.8 Å². The third kappa shape index (κ3) is 3.05. The van der Waals surface area contributed by atoms with E-state index in [1.807, 2.05) is 7.05 Å². The van der Waals surface area contributed by atoms with Crippen LogP contribution < -0.4 is 10.2 Å². The molecule has 1 aromatic carbocycles. The highest BCUT2D eigenvalue weighted by Crippen LogP contribution is 2.38. The molecule has 0 saturated heterocycles. The maximum absolute atomic E-state index is 3.25. The summed E-state index contributed by atoms with van der Waals surface area (Å²) >= 11 is 0.